The highest BCUT2D eigenvalue weighted by Gasteiger charge is 2.04. The minimum absolute atomic E-state index is 0. The number of hydrogen-bond donors (Lipinski definition) is 3. The monoisotopic (exact) mass is 472 g/mol. The Morgan fingerprint density at radius 2 is 1.96 bits per heavy atom. The van der Waals surface area contributed by atoms with E-state index in [1.165, 1.54) is 0 Å². The van der Waals surface area contributed by atoms with Gasteiger partial charge in [0, 0.05) is 25.9 Å². The number of para-hydroxylation sites is 1. The van der Waals surface area contributed by atoms with Crippen molar-refractivity contribution in [3.63, 3.8) is 0 Å². The van der Waals surface area contributed by atoms with Crippen LogP contribution in [0.4, 0.5) is 5.69 Å². The van der Waals surface area contributed by atoms with Crippen molar-refractivity contribution in [2.24, 2.45) is 4.99 Å². The van der Waals surface area contributed by atoms with Gasteiger partial charge in [0.05, 0.1) is 12.8 Å². The average molecular weight is 472 g/mol. The molecule has 0 radical (unpaired) electrons. The third-order valence-electron chi connectivity index (χ3n) is 3.28. The smallest absolute Gasteiger partial charge is 0.243 e. The van der Waals surface area contributed by atoms with Crippen LogP contribution in [0.15, 0.2) is 58.1 Å². The first kappa shape index (κ1) is 22.0. The number of carbonyl (C=O) groups is 1. The molecule has 1 aromatic heterocycles. The zero-order valence-electron chi connectivity index (χ0n) is 14.7. The molecule has 0 atom stereocenters. The first-order chi connectivity index (χ1) is 12.3. The Kier molecular flexibility index (Phi) is 11.1. The number of nitrogens with zero attached hydrogens (tertiary/aromatic N) is 1. The molecule has 7 nitrogen and oxygen atoms in total. The summed E-state index contributed by atoms with van der Waals surface area (Å²) < 4.78 is 10.7. The predicted octanol–water partition coefficient (Wildman–Crippen LogP) is 2.61. The lowest BCUT2D eigenvalue weighted by molar-refractivity contribution is -0.115. The molecule has 0 fully saturated rings. The lowest BCUT2D eigenvalue weighted by Gasteiger charge is -2.12. The van der Waals surface area contributed by atoms with Crippen molar-refractivity contribution in [2.45, 2.75) is 13.0 Å². The molecular weight excluding hydrogens is 447 g/mol. The van der Waals surface area contributed by atoms with Crippen LogP contribution in [0.3, 0.4) is 0 Å². The summed E-state index contributed by atoms with van der Waals surface area (Å²) in [5.74, 6) is 1.26. The maximum atomic E-state index is 11.9. The molecule has 8 heteroatoms. The zero-order chi connectivity index (χ0) is 17.7. The predicted molar refractivity (Wildman–Crippen MR) is 113 cm³/mol. The molecular formula is C18H25IN4O3. The van der Waals surface area contributed by atoms with Crippen molar-refractivity contribution in [1.82, 2.24) is 10.6 Å². The Hall–Kier alpha value is -2.07. The summed E-state index contributed by atoms with van der Waals surface area (Å²) >= 11 is 0. The van der Waals surface area contributed by atoms with E-state index in [1.807, 2.05) is 42.5 Å². The van der Waals surface area contributed by atoms with Gasteiger partial charge in [-0.3, -0.25) is 9.79 Å². The Morgan fingerprint density at radius 1 is 1.15 bits per heavy atom. The Bertz CT molecular complexity index is 648. The fraction of sp³-hybridized carbons (Fsp3) is 0.333. The van der Waals surface area contributed by atoms with Gasteiger partial charge in [-0.15, -0.1) is 24.0 Å². The number of carbonyl (C=O) groups excluding carboxylic acids is 1. The first-order valence-electron chi connectivity index (χ1n) is 8.17. The van der Waals surface area contributed by atoms with Crippen LogP contribution >= 0.6 is 24.0 Å². The van der Waals surface area contributed by atoms with Crippen LogP contribution in [0.2, 0.25) is 0 Å². The first-order valence-corrected chi connectivity index (χ1v) is 8.17. The SMILES string of the molecule is CN=C(NCCCOCc1ccco1)NCC(=O)Nc1ccccc1.I. The van der Waals surface area contributed by atoms with E-state index >= 15 is 0 Å². The third-order valence-corrected chi connectivity index (χ3v) is 3.28. The van der Waals surface area contributed by atoms with Crippen molar-refractivity contribution in [3.05, 3.63) is 54.5 Å². The summed E-state index contributed by atoms with van der Waals surface area (Å²) in [4.78, 5) is 16.0. The van der Waals surface area contributed by atoms with Crippen LogP contribution in [0.1, 0.15) is 12.2 Å². The van der Waals surface area contributed by atoms with Gasteiger partial charge in [0.1, 0.15) is 12.4 Å². The Balaban J connectivity index is 0.00000338. The molecule has 3 N–H and O–H groups in total. The largest absolute Gasteiger partial charge is 0.467 e. The number of halogens is 1. The summed E-state index contributed by atoms with van der Waals surface area (Å²) in [5, 5.41) is 8.92. The normalized spacial score (nSPS) is 10.7. The van der Waals surface area contributed by atoms with Gasteiger partial charge >= 0.3 is 0 Å². The van der Waals surface area contributed by atoms with Crippen LogP contribution in [-0.2, 0) is 16.1 Å². The van der Waals surface area contributed by atoms with Gasteiger partial charge in [-0.05, 0) is 30.7 Å². The van der Waals surface area contributed by atoms with E-state index in [0.29, 0.717) is 25.7 Å². The molecule has 2 aromatic rings. The lowest BCUT2D eigenvalue weighted by Crippen LogP contribution is -2.41. The second-order valence-electron chi connectivity index (χ2n) is 5.25. The molecule has 0 unspecified atom stereocenters. The standard InChI is InChI=1S/C18H24N4O3.HI/c1-19-18(20-10-6-11-24-14-16-9-5-12-25-16)21-13-17(23)22-15-7-3-2-4-8-15;/h2-5,7-9,12H,6,10-11,13-14H2,1H3,(H,22,23)(H2,19,20,21);1H. The van der Waals surface area contributed by atoms with Gasteiger partial charge in [-0.2, -0.15) is 0 Å². The molecule has 2 rings (SSSR count). The average Bonchev–Trinajstić information content (AvgIpc) is 3.15. The van der Waals surface area contributed by atoms with E-state index in [0.717, 1.165) is 17.9 Å². The number of aliphatic imine (C=N–C) groups is 1. The minimum Gasteiger partial charge on any atom is -0.467 e. The number of rotatable bonds is 9. The van der Waals surface area contributed by atoms with Gasteiger partial charge in [-0.1, -0.05) is 18.2 Å². The van der Waals surface area contributed by atoms with E-state index in [1.54, 1.807) is 13.3 Å². The molecule has 0 bridgehead atoms. The van der Waals surface area contributed by atoms with Crippen molar-refractivity contribution in [3.8, 4) is 0 Å². The Morgan fingerprint density at radius 3 is 2.65 bits per heavy atom. The summed E-state index contributed by atoms with van der Waals surface area (Å²) in [6.07, 6.45) is 2.45. The number of hydrogen-bond acceptors (Lipinski definition) is 4. The van der Waals surface area contributed by atoms with Crippen LogP contribution in [-0.4, -0.2) is 38.6 Å². The molecule has 1 amide bonds. The number of guanidine groups is 1. The second-order valence-corrected chi connectivity index (χ2v) is 5.25. The molecule has 0 aliphatic carbocycles. The van der Waals surface area contributed by atoms with Gasteiger partial charge in [0.15, 0.2) is 5.96 Å². The van der Waals surface area contributed by atoms with E-state index in [4.69, 9.17) is 9.15 Å². The van der Waals surface area contributed by atoms with Crippen molar-refractivity contribution in [2.75, 3.05) is 32.1 Å². The van der Waals surface area contributed by atoms with Gasteiger partial charge in [-0.25, -0.2) is 0 Å². The number of amides is 1. The minimum atomic E-state index is -0.129. The summed E-state index contributed by atoms with van der Waals surface area (Å²) in [6.45, 7) is 1.92. The molecule has 1 heterocycles. The zero-order valence-corrected chi connectivity index (χ0v) is 17.1. The molecule has 0 saturated heterocycles. The highest BCUT2D eigenvalue weighted by molar-refractivity contribution is 14.0. The molecule has 142 valence electrons. The van der Waals surface area contributed by atoms with Crippen LogP contribution in [0.25, 0.3) is 0 Å². The van der Waals surface area contributed by atoms with Crippen molar-refractivity contribution >= 4 is 41.5 Å². The van der Waals surface area contributed by atoms with Crippen LogP contribution < -0.4 is 16.0 Å². The molecule has 0 saturated carbocycles. The van der Waals surface area contributed by atoms with E-state index < -0.39 is 0 Å². The number of benzene rings is 1. The number of nitrogens with one attached hydrogen (secondary N) is 3. The van der Waals surface area contributed by atoms with E-state index in [2.05, 4.69) is 20.9 Å². The topological polar surface area (TPSA) is 87.9 Å². The van der Waals surface area contributed by atoms with Gasteiger partial charge in [0.25, 0.3) is 0 Å². The lowest BCUT2D eigenvalue weighted by atomic mass is 10.3. The Labute approximate surface area is 170 Å². The van der Waals surface area contributed by atoms with Crippen LogP contribution in [0.5, 0.6) is 0 Å². The quantitative estimate of drug-likeness (QED) is 0.226. The third kappa shape index (κ3) is 8.86. The number of anilines is 1. The van der Waals surface area contributed by atoms with Gasteiger partial charge in [0.2, 0.25) is 5.91 Å². The fourth-order valence-electron chi connectivity index (χ4n) is 2.06. The molecule has 1 aromatic carbocycles. The highest BCUT2D eigenvalue weighted by Crippen LogP contribution is 2.04. The highest BCUT2D eigenvalue weighted by atomic mass is 127. The molecule has 0 spiro atoms. The maximum Gasteiger partial charge on any atom is 0.243 e. The second kappa shape index (κ2) is 13.2. The van der Waals surface area contributed by atoms with Crippen LogP contribution in [0, 0.1) is 0 Å². The molecule has 26 heavy (non-hydrogen) atoms. The van der Waals surface area contributed by atoms with E-state index in [-0.39, 0.29) is 36.4 Å². The summed E-state index contributed by atoms with van der Waals surface area (Å²) in [5.41, 5.74) is 0.769. The number of ether oxygens (including phenoxy) is 1. The van der Waals surface area contributed by atoms with Crippen molar-refractivity contribution in [1.29, 1.82) is 0 Å². The fourth-order valence-corrected chi connectivity index (χ4v) is 2.06. The maximum absolute atomic E-state index is 11.9. The number of furan rings is 1. The summed E-state index contributed by atoms with van der Waals surface area (Å²) in [7, 11) is 1.66. The van der Waals surface area contributed by atoms with E-state index in [9.17, 15) is 4.79 Å². The molecule has 0 aliphatic heterocycles. The van der Waals surface area contributed by atoms with Crippen molar-refractivity contribution < 1.29 is 13.9 Å². The molecule has 0 aliphatic rings. The summed E-state index contributed by atoms with van der Waals surface area (Å²) in [6, 6.07) is 13.0. The van der Waals surface area contributed by atoms with Gasteiger partial charge < -0.3 is 25.1 Å².